The van der Waals surface area contributed by atoms with Crippen molar-refractivity contribution in [2.45, 2.75) is 44.6 Å². The molecule has 0 heterocycles. The molecule has 2 rings (SSSR count). The van der Waals surface area contributed by atoms with Gasteiger partial charge >= 0.3 is 5.97 Å². The number of carboxylic acid groups (broad SMARTS) is 1. The Labute approximate surface area is 77.8 Å². The van der Waals surface area contributed by atoms with E-state index in [4.69, 9.17) is 5.11 Å². The predicted molar refractivity (Wildman–Crippen MR) is 47.3 cm³/mol. The molecule has 13 heavy (non-hydrogen) atoms. The molecule has 0 saturated heterocycles. The van der Waals surface area contributed by atoms with Gasteiger partial charge in [0.1, 0.15) is 0 Å². The van der Waals surface area contributed by atoms with E-state index in [-0.39, 0.29) is 5.92 Å². The standard InChI is InChI=1S/C10H16O3/c11-8-7-3-1-5-10(8,9(12)13)6-2-4-7/h7-8,11H,1-6H2,(H,12,13). The third-order valence-corrected chi connectivity index (χ3v) is 3.83. The van der Waals surface area contributed by atoms with E-state index >= 15 is 0 Å². The van der Waals surface area contributed by atoms with Crippen molar-refractivity contribution in [2.24, 2.45) is 11.3 Å². The molecule has 0 aromatic rings. The smallest absolute Gasteiger partial charge is 0.312 e. The summed E-state index contributed by atoms with van der Waals surface area (Å²) in [5.41, 5.74) is -0.791. The third-order valence-electron chi connectivity index (χ3n) is 3.83. The second kappa shape index (κ2) is 2.98. The number of hydrogen-bond donors (Lipinski definition) is 2. The zero-order valence-electron chi connectivity index (χ0n) is 7.70. The molecular weight excluding hydrogens is 168 g/mol. The Morgan fingerprint density at radius 1 is 1.23 bits per heavy atom. The Hall–Kier alpha value is -0.570. The summed E-state index contributed by atoms with van der Waals surface area (Å²) < 4.78 is 0. The molecule has 2 saturated carbocycles. The first-order valence-corrected chi connectivity index (χ1v) is 5.08. The number of carbonyl (C=O) groups is 1. The SMILES string of the molecule is O=C(O)C12CCCC(CCC1)C2O. The molecule has 0 aromatic carbocycles. The monoisotopic (exact) mass is 184 g/mol. The Morgan fingerprint density at radius 3 is 2.15 bits per heavy atom. The lowest BCUT2D eigenvalue weighted by Gasteiger charge is -2.46. The Balaban J connectivity index is 2.28. The van der Waals surface area contributed by atoms with Crippen LogP contribution in [0.15, 0.2) is 0 Å². The number of aliphatic hydroxyl groups is 1. The largest absolute Gasteiger partial charge is 0.481 e. The van der Waals surface area contributed by atoms with Gasteiger partial charge in [-0.3, -0.25) is 4.79 Å². The van der Waals surface area contributed by atoms with E-state index in [1.165, 1.54) is 0 Å². The van der Waals surface area contributed by atoms with Gasteiger partial charge in [0.05, 0.1) is 11.5 Å². The van der Waals surface area contributed by atoms with Crippen LogP contribution < -0.4 is 0 Å². The first kappa shape index (κ1) is 9.00. The Morgan fingerprint density at radius 2 is 1.77 bits per heavy atom. The topological polar surface area (TPSA) is 57.5 Å². The highest BCUT2D eigenvalue weighted by molar-refractivity contribution is 5.75. The van der Waals surface area contributed by atoms with Crippen molar-refractivity contribution in [2.75, 3.05) is 0 Å². The van der Waals surface area contributed by atoms with Crippen LogP contribution >= 0.6 is 0 Å². The van der Waals surface area contributed by atoms with Crippen molar-refractivity contribution in [3.8, 4) is 0 Å². The fourth-order valence-electron chi connectivity index (χ4n) is 3.03. The average Bonchev–Trinajstić information content (AvgIpc) is 2.03. The molecule has 0 radical (unpaired) electrons. The average molecular weight is 184 g/mol. The van der Waals surface area contributed by atoms with Gasteiger partial charge in [-0.15, -0.1) is 0 Å². The summed E-state index contributed by atoms with van der Waals surface area (Å²) in [6.07, 6.45) is 4.70. The zero-order valence-corrected chi connectivity index (χ0v) is 7.70. The van der Waals surface area contributed by atoms with Gasteiger partial charge in [0.15, 0.2) is 0 Å². The highest BCUT2D eigenvalue weighted by atomic mass is 16.4. The van der Waals surface area contributed by atoms with Gasteiger partial charge in [-0.25, -0.2) is 0 Å². The lowest BCUT2D eigenvalue weighted by molar-refractivity contribution is -0.170. The molecule has 2 bridgehead atoms. The second-order valence-corrected chi connectivity index (χ2v) is 4.45. The summed E-state index contributed by atoms with van der Waals surface area (Å²) in [5.74, 6) is -0.539. The third kappa shape index (κ3) is 1.17. The summed E-state index contributed by atoms with van der Waals surface area (Å²) in [6, 6.07) is 0. The van der Waals surface area contributed by atoms with E-state index < -0.39 is 17.5 Å². The van der Waals surface area contributed by atoms with Crippen molar-refractivity contribution in [3.05, 3.63) is 0 Å². The molecule has 3 nitrogen and oxygen atoms in total. The summed E-state index contributed by atoms with van der Waals surface area (Å²) in [6.45, 7) is 0. The van der Waals surface area contributed by atoms with Gasteiger partial charge in [-0.2, -0.15) is 0 Å². The number of aliphatic carboxylic acids is 1. The van der Waals surface area contributed by atoms with Crippen molar-refractivity contribution >= 4 is 5.97 Å². The Kier molecular flexibility index (Phi) is 2.06. The molecule has 0 aromatic heterocycles. The van der Waals surface area contributed by atoms with Crippen LogP contribution in [0.5, 0.6) is 0 Å². The lowest BCUT2D eigenvalue weighted by Crippen LogP contribution is -2.51. The molecule has 1 atom stereocenters. The van der Waals surface area contributed by atoms with Gasteiger partial charge in [-0.05, 0) is 31.6 Å². The minimum Gasteiger partial charge on any atom is -0.481 e. The van der Waals surface area contributed by atoms with E-state index in [2.05, 4.69) is 0 Å². The molecule has 3 heteroatoms. The number of fused-ring (bicyclic) bond motifs is 2. The van der Waals surface area contributed by atoms with E-state index in [9.17, 15) is 9.90 Å². The molecule has 2 aliphatic rings. The highest BCUT2D eigenvalue weighted by Crippen LogP contribution is 2.49. The van der Waals surface area contributed by atoms with E-state index in [0.29, 0.717) is 12.8 Å². The number of aliphatic hydroxyl groups excluding tert-OH is 1. The number of carboxylic acids is 1. The van der Waals surface area contributed by atoms with Gasteiger partial charge in [-0.1, -0.05) is 12.8 Å². The van der Waals surface area contributed by atoms with Crippen molar-refractivity contribution in [1.82, 2.24) is 0 Å². The fraction of sp³-hybridized carbons (Fsp3) is 0.900. The van der Waals surface area contributed by atoms with Crippen LogP contribution in [0.2, 0.25) is 0 Å². The zero-order chi connectivity index (χ0) is 9.47. The van der Waals surface area contributed by atoms with Crippen molar-refractivity contribution < 1.29 is 15.0 Å². The van der Waals surface area contributed by atoms with Crippen LogP contribution in [-0.2, 0) is 4.79 Å². The van der Waals surface area contributed by atoms with Gasteiger partial charge in [0.25, 0.3) is 0 Å². The predicted octanol–water partition coefficient (Wildman–Crippen LogP) is 1.40. The second-order valence-electron chi connectivity index (χ2n) is 4.45. The minimum absolute atomic E-state index is 0.249. The van der Waals surface area contributed by atoms with Crippen molar-refractivity contribution in [1.29, 1.82) is 0 Å². The van der Waals surface area contributed by atoms with Crippen LogP contribution in [-0.4, -0.2) is 22.3 Å². The van der Waals surface area contributed by atoms with Gasteiger partial charge in [0.2, 0.25) is 0 Å². The lowest BCUT2D eigenvalue weighted by atomic mass is 9.60. The fourth-order valence-corrected chi connectivity index (χ4v) is 3.03. The molecule has 2 N–H and O–H groups in total. The van der Waals surface area contributed by atoms with E-state index in [0.717, 1.165) is 25.7 Å². The maximum atomic E-state index is 11.1. The van der Waals surface area contributed by atoms with Gasteiger partial charge in [0, 0.05) is 0 Å². The minimum atomic E-state index is -0.791. The van der Waals surface area contributed by atoms with Crippen LogP contribution in [0, 0.1) is 11.3 Å². The highest BCUT2D eigenvalue weighted by Gasteiger charge is 2.52. The van der Waals surface area contributed by atoms with Crippen molar-refractivity contribution in [3.63, 3.8) is 0 Å². The molecule has 0 amide bonds. The number of hydrogen-bond acceptors (Lipinski definition) is 2. The maximum absolute atomic E-state index is 11.1. The van der Waals surface area contributed by atoms with Crippen LogP contribution in [0.3, 0.4) is 0 Å². The summed E-state index contributed by atoms with van der Waals surface area (Å²) >= 11 is 0. The quantitative estimate of drug-likeness (QED) is 0.647. The summed E-state index contributed by atoms with van der Waals surface area (Å²) in [4.78, 5) is 11.1. The molecule has 0 aliphatic heterocycles. The van der Waals surface area contributed by atoms with Crippen LogP contribution in [0.25, 0.3) is 0 Å². The maximum Gasteiger partial charge on any atom is 0.312 e. The molecule has 74 valence electrons. The normalized spacial score (nSPS) is 44.4. The van der Waals surface area contributed by atoms with Crippen LogP contribution in [0.1, 0.15) is 38.5 Å². The molecular formula is C10H16O3. The van der Waals surface area contributed by atoms with Crippen LogP contribution in [0.4, 0.5) is 0 Å². The van der Waals surface area contributed by atoms with Gasteiger partial charge < -0.3 is 10.2 Å². The number of rotatable bonds is 1. The summed E-state index contributed by atoms with van der Waals surface area (Å²) in [7, 11) is 0. The molecule has 2 fully saturated rings. The molecule has 2 aliphatic carbocycles. The first-order valence-electron chi connectivity index (χ1n) is 5.08. The van der Waals surface area contributed by atoms with E-state index in [1.807, 2.05) is 0 Å². The first-order chi connectivity index (χ1) is 6.17. The molecule has 1 unspecified atom stereocenters. The molecule has 0 spiro atoms. The van der Waals surface area contributed by atoms with E-state index in [1.54, 1.807) is 0 Å². The Bertz CT molecular complexity index is 214. The summed E-state index contributed by atoms with van der Waals surface area (Å²) in [5, 5.41) is 19.1.